The Hall–Kier alpha value is -3.04. The first kappa shape index (κ1) is 28.2. The quantitative estimate of drug-likeness (QED) is 0.169. The zero-order valence-electron chi connectivity index (χ0n) is 20.9. The van der Waals surface area contributed by atoms with Crippen LogP contribution in [0.2, 0.25) is 0 Å². The Morgan fingerprint density at radius 3 is 2.23 bits per heavy atom. The molecule has 0 aliphatic heterocycles. The third-order valence-corrected chi connectivity index (χ3v) is 4.59. The van der Waals surface area contributed by atoms with Gasteiger partial charge in [0.25, 0.3) is 0 Å². The molecule has 0 fully saturated rings. The van der Waals surface area contributed by atoms with E-state index in [-0.39, 0.29) is 6.04 Å². The maximum Gasteiger partial charge on any atom is 0.132 e. The van der Waals surface area contributed by atoms with Crippen LogP contribution in [0.15, 0.2) is 72.1 Å². The van der Waals surface area contributed by atoms with Gasteiger partial charge in [-0.15, -0.1) is 0 Å². The molecule has 2 rings (SSSR count). The van der Waals surface area contributed by atoms with Gasteiger partial charge in [-0.3, -0.25) is 4.99 Å². The van der Waals surface area contributed by atoms with Crippen molar-refractivity contribution in [3.05, 3.63) is 78.3 Å². The minimum Gasteiger partial charge on any atom is -0.382 e. The minimum absolute atomic E-state index is 0.268. The smallest absolute Gasteiger partial charge is 0.132 e. The van der Waals surface area contributed by atoms with Crippen molar-refractivity contribution in [2.45, 2.75) is 33.1 Å². The van der Waals surface area contributed by atoms with Crippen molar-refractivity contribution < 1.29 is 18.9 Å². The van der Waals surface area contributed by atoms with Crippen LogP contribution in [-0.2, 0) is 32.2 Å². The first-order valence-electron chi connectivity index (χ1n) is 11.8. The number of aliphatic imine (C=N–C) groups is 1. The number of rotatable bonds is 19. The van der Waals surface area contributed by atoms with Crippen LogP contribution in [-0.4, -0.2) is 57.4 Å². The molecule has 0 spiro atoms. The van der Waals surface area contributed by atoms with Crippen molar-refractivity contribution >= 4 is 18.2 Å². The van der Waals surface area contributed by atoms with Gasteiger partial charge in [-0.25, -0.2) is 4.98 Å². The van der Waals surface area contributed by atoms with E-state index in [0.717, 1.165) is 16.8 Å². The molecule has 0 saturated carbocycles. The van der Waals surface area contributed by atoms with Crippen LogP contribution in [0.25, 0.3) is 0 Å². The summed E-state index contributed by atoms with van der Waals surface area (Å²) in [5.74, 6) is 0.685. The highest BCUT2D eigenvalue weighted by Gasteiger charge is 2.08. The predicted molar refractivity (Wildman–Crippen MR) is 142 cm³/mol. The number of aromatic nitrogens is 1. The molecule has 8 nitrogen and oxygen atoms in total. The van der Waals surface area contributed by atoms with Gasteiger partial charge in [0.1, 0.15) is 5.82 Å². The fraction of sp³-hybridized carbons (Fsp3) is 0.407. The molecule has 1 heterocycles. The molecule has 0 radical (unpaired) electrons. The zero-order chi connectivity index (χ0) is 25.1. The second-order valence-corrected chi connectivity index (χ2v) is 7.99. The molecule has 0 saturated heterocycles. The molecular weight excluding hydrogens is 444 g/mol. The lowest BCUT2D eigenvalue weighted by Gasteiger charge is -2.16. The average Bonchev–Trinajstić information content (AvgIpc) is 2.85. The van der Waals surface area contributed by atoms with Crippen LogP contribution in [0.5, 0.6) is 0 Å². The summed E-state index contributed by atoms with van der Waals surface area (Å²) in [5, 5.41) is 6.57. The summed E-state index contributed by atoms with van der Waals surface area (Å²) in [4.78, 5) is 8.13. The number of benzene rings is 1. The normalized spacial score (nSPS) is 11.2. The van der Waals surface area contributed by atoms with Crippen LogP contribution < -0.4 is 10.6 Å². The van der Waals surface area contributed by atoms with Gasteiger partial charge in [0.2, 0.25) is 0 Å². The molecule has 0 bridgehead atoms. The molecule has 35 heavy (non-hydrogen) atoms. The van der Waals surface area contributed by atoms with Gasteiger partial charge in [0.05, 0.1) is 52.9 Å². The van der Waals surface area contributed by atoms with E-state index in [1.807, 2.05) is 36.4 Å². The SMILES string of the molecule is C=N/C=C\C(=C)Nc1cc(NC(C)C)c(COCCOCCOCCOCc2ccccc2)cn1. The van der Waals surface area contributed by atoms with Crippen molar-refractivity contribution in [2.24, 2.45) is 4.99 Å². The summed E-state index contributed by atoms with van der Waals surface area (Å²) in [6.07, 6.45) is 5.09. The Balaban J connectivity index is 1.58. The number of allylic oxidation sites excluding steroid dienone is 1. The lowest BCUT2D eigenvalue weighted by molar-refractivity contribution is -0.00616. The molecule has 0 atom stereocenters. The average molecular weight is 483 g/mol. The number of hydrogen-bond acceptors (Lipinski definition) is 8. The summed E-state index contributed by atoms with van der Waals surface area (Å²) in [6.45, 7) is 15.7. The summed E-state index contributed by atoms with van der Waals surface area (Å²) >= 11 is 0. The first-order valence-corrected chi connectivity index (χ1v) is 11.8. The molecule has 0 aliphatic rings. The van der Waals surface area contributed by atoms with Crippen molar-refractivity contribution in [1.29, 1.82) is 0 Å². The predicted octanol–water partition coefficient (Wildman–Crippen LogP) is 4.81. The van der Waals surface area contributed by atoms with E-state index in [1.54, 1.807) is 18.5 Å². The third-order valence-electron chi connectivity index (χ3n) is 4.59. The van der Waals surface area contributed by atoms with E-state index in [1.165, 1.54) is 0 Å². The summed E-state index contributed by atoms with van der Waals surface area (Å²) < 4.78 is 22.5. The van der Waals surface area contributed by atoms with Crippen molar-refractivity contribution in [1.82, 2.24) is 4.98 Å². The van der Waals surface area contributed by atoms with Gasteiger partial charge in [-0.1, -0.05) is 36.9 Å². The number of pyridine rings is 1. The largest absolute Gasteiger partial charge is 0.382 e. The van der Waals surface area contributed by atoms with E-state index in [4.69, 9.17) is 18.9 Å². The van der Waals surface area contributed by atoms with Crippen molar-refractivity contribution in [2.75, 3.05) is 50.3 Å². The fourth-order valence-corrected chi connectivity index (χ4v) is 2.97. The number of ether oxygens (including phenoxy) is 4. The highest BCUT2D eigenvalue weighted by atomic mass is 16.6. The second-order valence-electron chi connectivity index (χ2n) is 7.99. The third kappa shape index (κ3) is 12.8. The fourth-order valence-electron chi connectivity index (χ4n) is 2.97. The van der Waals surface area contributed by atoms with Gasteiger partial charge in [0.15, 0.2) is 0 Å². The molecule has 0 unspecified atom stereocenters. The highest BCUT2D eigenvalue weighted by Crippen LogP contribution is 2.21. The molecular formula is C27H38N4O4. The first-order chi connectivity index (χ1) is 17.1. The molecule has 1 aromatic heterocycles. The Morgan fingerprint density at radius 1 is 0.971 bits per heavy atom. The topological polar surface area (TPSA) is 86.2 Å². The van der Waals surface area contributed by atoms with E-state index in [9.17, 15) is 0 Å². The number of nitrogens with one attached hydrogen (secondary N) is 2. The molecule has 2 N–H and O–H groups in total. The van der Waals surface area contributed by atoms with Crippen LogP contribution in [0.4, 0.5) is 11.5 Å². The molecule has 8 heteroatoms. The van der Waals surface area contributed by atoms with Crippen LogP contribution in [0.1, 0.15) is 25.0 Å². The number of anilines is 2. The Kier molecular flexibility index (Phi) is 14.0. The summed E-state index contributed by atoms with van der Waals surface area (Å²) in [7, 11) is 0. The van der Waals surface area contributed by atoms with Crippen molar-refractivity contribution in [3.8, 4) is 0 Å². The molecule has 0 amide bonds. The zero-order valence-corrected chi connectivity index (χ0v) is 20.9. The summed E-state index contributed by atoms with van der Waals surface area (Å²) in [5.41, 5.74) is 3.76. The van der Waals surface area contributed by atoms with Gasteiger partial charge in [-0.05, 0) is 32.2 Å². The Morgan fingerprint density at radius 2 is 1.60 bits per heavy atom. The van der Waals surface area contributed by atoms with Crippen LogP contribution in [0.3, 0.4) is 0 Å². The van der Waals surface area contributed by atoms with Gasteiger partial charge < -0.3 is 29.6 Å². The highest BCUT2D eigenvalue weighted by molar-refractivity contribution is 5.59. The minimum atomic E-state index is 0.268. The molecule has 0 aliphatic carbocycles. The standard InChI is InChI=1S/C27H38N4O4/c1-22(2)30-26-18-27(31-23(3)10-11-28-4)29-19-25(26)21-35-17-15-33-13-12-32-14-16-34-20-24-8-6-5-7-9-24/h5-11,18-19,22H,3-4,12-17,20-21H2,1-2H3,(H2,29,30,31)/b11-10-. The number of hydrogen-bond donors (Lipinski definition) is 2. The molecule has 2 aromatic rings. The molecule has 1 aromatic carbocycles. The van der Waals surface area contributed by atoms with Gasteiger partial charge in [-0.2, -0.15) is 0 Å². The monoisotopic (exact) mass is 482 g/mol. The maximum atomic E-state index is 5.78. The lowest BCUT2D eigenvalue weighted by atomic mass is 10.2. The van der Waals surface area contributed by atoms with Gasteiger partial charge in [0, 0.05) is 41.5 Å². The maximum absolute atomic E-state index is 5.78. The summed E-state index contributed by atoms with van der Waals surface area (Å²) in [6, 6.07) is 12.3. The Labute approximate surface area is 209 Å². The van der Waals surface area contributed by atoms with E-state index in [2.05, 4.69) is 47.8 Å². The van der Waals surface area contributed by atoms with E-state index >= 15 is 0 Å². The van der Waals surface area contributed by atoms with Crippen LogP contribution >= 0.6 is 0 Å². The van der Waals surface area contributed by atoms with Crippen LogP contribution in [0, 0.1) is 0 Å². The van der Waals surface area contributed by atoms with E-state index < -0.39 is 0 Å². The second kappa shape index (κ2) is 17.4. The molecule has 190 valence electrons. The van der Waals surface area contributed by atoms with Gasteiger partial charge >= 0.3 is 0 Å². The Bertz CT molecular complexity index is 903. The van der Waals surface area contributed by atoms with Crippen molar-refractivity contribution in [3.63, 3.8) is 0 Å². The van der Waals surface area contributed by atoms with E-state index in [0.29, 0.717) is 64.4 Å². The lowest BCUT2D eigenvalue weighted by Crippen LogP contribution is -2.14. The number of nitrogens with zero attached hydrogens (tertiary/aromatic N) is 2.